The number of hydrogen-bond acceptors (Lipinski definition) is 5. The molecule has 0 aromatic heterocycles. The molecule has 0 aromatic rings. The van der Waals surface area contributed by atoms with Crippen LogP contribution in [0, 0.1) is 11.8 Å². The Balaban J connectivity index is 2.57. The quantitative estimate of drug-likeness (QED) is 0.502. The van der Waals surface area contributed by atoms with E-state index in [1.165, 1.54) is 14.0 Å². The summed E-state index contributed by atoms with van der Waals surface area (Å²) in [4.78, 5) is 34.2. The van der Waals surface area contributed by atoms with E-state index in [4.69, 9.17) is 4.74 Å². The number of Topliss-reactive ketones (excluding diaryl/α,β-unsaturated/α-hetero) is 2. The van der Waals surface area contributed by atoms with Crippen molar-refractivity contribution in [1.29, 1.82) is 0 Å². The number of methoxy groups -OCH3 is 1. The molecule has 0 N–H and O–H groups in total. The van der Waals surface area contributed by atoms with Crippen molar-refractivity contribution >= 4 is 17.5 Å². The van der Waals surface area contributed by atoms with E-state index in [0.717, 1.165) is 0 Å². The predicted molar refractivity (Wildman–Crippen MR) is 54.7 cm³/mol. The Morgan fingerprint density at radius 1 is 1.44 bits per heavy atom. The number of hydrogen-bond donors (Lipinski definition) is 0. The predicted octanol–water partition coefficient (Wildman–Crippen LogP) is 0.360. The van der Waals surface area contributed by atoms with E-state index in [0.29, 0.717) is 19.6 Å². The molecule has 1 heterocycles. The standard InChI is InChI=1S/C11H16O5/c1-7(12)9(11(14)15-2)5-10(13)8-3-4-16-6-8/h8-9H,3-6H2,1-2H3. The average Bonchev–Trinajstić information content (AvgIpc) is 2.77. The highest BCUT2D eigenvalue weighted by Crippen LogP contribution is 2.19. The van der Waals surface area contributed by atoms with Crippen LogP contribution in [-0.2, 0) is 23.9 Å². The summed E-state index contributed by atoms with van der Waals surface area (Å²) < 4.78 is 9.58. The highest BCUT2D eigenvalue weighted by atomic mass is 16.5. The van der Waals surface area contributed by atoms with Gasteiger partial charge < -0.3 is 9.47 Å². The van der Waals surface area contributed by atoms with Crippen molar-refractivity contribution < 1.29 is 23.9 Å². The van der Waals surface area contributed by atoms with Crippen LogP contribution in [0.5, 0.6) is 0 Å². The highest BCUT2D eigenvalue weighted by molar-refractivity contribution is 6.01. The summed E-state index contributed by atoms with van der Waals surface area (Å²) in [5.74, 6) is -2.20. The van der Waals surface area contributed by atoms with Crippen molar-refractivity contribution in [3.8, 4) is 0 Å². The molecule has 16 heavy (non-hydrogen) atoms. The third-order valence-corrected chi connectivity index (χ3v) is 2.77. The lowest BCUT2D eigenvalue weighted by atomic mass is 9.92. The van der Waals surface area contributed by atoms with Crippen LogP contribution in [0.3, 0.4) is 0 Å². The van der Waals surface area contributed by atoms with Gasteiger partial charge in [0.1, 0.15) is 17.5 Å². The van der Waals surface area contributed by atoms with Gasteiger partial charge in [0.2, 0.25) is 0 Å². The molecule has 0 radical (unpaired) electrons. The maximum atomic E-state index is 11.7. The molecule has 1 aliphatic heterocycles. The lowest BCUT2D eigenvalue weighted by molar-refractivity contribution is -0.151. The minimum atomic E-state index is -0.960. The average molecular weight is 228 g/mol. The lowest BCUT2D eigenvalue weighted by Gasteiger charge is -2.12. The zero-order chi connectivity index (χ0) is 12.1. The molecule has 0 amide bonds. The Morgan fingerprint density at radius 2 is 2.12 bits per heavy atom. The maximum Gasteiger partial charge on any atom is 0.316 e. The Labute approximate surface area is 94.1 Å². The molecule has 1 saturated heterocycles. The normalized spacial score (nSPS) is 21.5. The molecule has 0 aliphatic carbocycles. The summed E-state index contributed by atoms with van der Waals surface area (Å²) >= 11 is 0. The first-order chi connectivity index (χ1) is 7.56. The fourth-order valence-corrected chi connectivity index (χ4v) is 1.69. The summed E-state index contributed by atoms with van der Waals surface area (Å²) in [5.41, 5.74) is 0. The number of ketones is 2. The fraction of sp³-hybridized carbons (Fsp3) is 0.727. The first kappa shape index (κ1) is 12.8. The summed E-state index contributed by atoms with van der Waals surface area (Å²) in [7, 11) is 1.21. The van der Waals surface area contributed by atoms with Crippen LogP contribution in [0.2, 0.25) is 0 Å². The maximum absolute atomic E-state index is 11.7. The number of ether oxygens (including phenoxy) is 2. The molecule has 1 aliphatic rings. The second-order valence-corrected chi connectivity index (χ2v) is 3.92. The highest BCUT2D eigenvalue weighted by Gasteiger charge is 2.31. The van der Waals surface area contributed by atoms with Crippen molar-refractivity contribution in [3.05, 3.63) is 0 Å². The topological polar surface area (TPSA) is 69.7 Å². The molecule has 1 rings (SSSR count). The third kappa shape index (κ3) is 3.13. The molecule has 5 nitrogen and oxygen atoms in total. The molecule has 0 aromatic carbocycles. The number of rotatable bonds is 5. The van der Waals surface area contributed by atoms with Crippen molar-refractivity contribution in [3.63, 3.8) is 0 Å². The second-order valence-electron chi connectivity index (χ2n) is 3.92. The van der Waals surface area contributed by atoms with Gasteiger partial charge in [-0.05, 0) is 13.3 Å². The summed E-state index contributed by atoms with van der Waals surface area (Å²) in [5, 5.41) is 0. The molecular formula is C11H16O5. The largest absolute Gasteiger partial charge is 0.468 e. The SMILES string of the molecule is COC(=O)C(CC(=O)C1CCOC1)C(C)=O. The number of esters is 1. The summed E-state index contributed by atoms with van der Waals surface area (Å²) in [6, 6.07) is 0. The van der Waals surface area contributed by atoms with E-state index < -0.39 is 11.9 Å². The van der Waals surface area contributed by atoms with Crippen molar-refractivity contribution in [1.82, 2.24) is 0 Å². The molecule has 90 valence electrons. The van der Waals surface area contributed by atoms with Crippen LogP contribution in [-0.4, -0.2) is 37.9 Å². The first-order valence-electron chi connectivity index (χ1n) is 5.25. The molecule has 0 spiro atoms. The van der Waals surface area contributed by atoms with Crippen LogP contribution in [0.15, 0.2) is 0 Å². The van der Waals surface area contributed by atoms with Crippen molar-refractivity contribution in [2.24, 2.45) is 11.8 Å². The van der Waals surface area contributed by atoms with Gasteiger partial charge in [-0.25, -0.2) is 0 Å². The first-order valence-corrected chi connectivity index (χ1v) is 5.25. The Morgan fingerprint density at radius 3 is 2.56 bits per heavy atom. The van der Waals surface area contributed by atoms with Crippen LogP contribution in [0.4, 0.5) is 0 Å². The van der Waals surface area contributed by atoms with E-state index >= 15 is 0 Å². The van der Waals surface area contributed by atoms with Gasteiger partial charge in [0, 0.05) is 18.9 Å². The van der Waals surface area contributed by atoms with E-state index in [2.05, 4.69) is 4.74 Å². The molecule has 1 fully saturated rings. The minimum absolute atomic E-state index is 0.0734. The van der Waals surface area contributed by atoms with Gasteiger partial charge in [-0.15, -0.1) is 0 Å². The van der Waals surface area contributed by atoms with Gasteiger partial charge in [0.25, 0.3) is 0 Å². The van der Waals surface area contributed by atoms with E-state index in [1.54, 1.807) is 0 Å². The van der Waals surface area contributed by atoms with Crippen LogP contribution >= 0.6 is 0 Å². The van der Waals surface area contributed by atoms with Crippen LogP contribution in [0.25, 0.3) is 0 Å². The second kappa shape index (κ2) is 5.75. The third-order valence-electron chi connectivity index (χ3n) is 2.77. The molecule has 0 saturated carbocycles. The zero-order valence-electron chi connectivity index (χ0n) is 9.52. The van der Waals surface area contributed by atoms with Gasteiger partial charge in [-0.3, -0.25) is 14.4 Å². The number of carbonyl (C=O) groups is 3. The molecule has 0 bridgehead atoms. The molecule has 5 heteroatoms. The monoisotopic (exact) mass is 228 g/mol. The van der Waals surface area contributed by atoms with Crippen LogP contribution in [0.1, 0.15) is 19.8 Å². The van der Waals surface area contributed by atoms with Gasteiger partial charge in [0.15, 0.2) is 0 Å². The van der Waals surface area contributed by atoms with Gasteiger partial charge in [0.05, 0.1) is 13.7 Å². The summed E-state index contributed by atoms with van der Waals surface area (Å²) in [6.07, 6.45) is 0.598. The van der Waals surface area contributed by atoms with Crippen LogP contribution < -0.4 is 0 Å². The molecule has 2 unspecified atom stereocenters. The van der Waals surface area contributed by atoms with Crippen molar-refractivity contribution in [2.75, 3.05) is 20.3 Å². The zero-order valence-corrected chi connectivity index (χ0v) is 9.52. The van der Waals surface area contributed by atoms with E-state index in [-0.39, 0.29) is 23.9 Å². The van der Waals surface area contributed by atoms with Gasteiger partial charge in [-0.2, -0.15) is 0 Å². The van der Waals surface area contributed by atoms with Gasteiger partial charge in [-0.1, -0.05) is 0 Å². The Bertz CT molecular complexity index is 291. The van der Waals surface area contributed by atoms with E-state index in [1.807, 2.05) is 0 Å². The lowest BCUT2D eigenvalue weighted by Crippen LogP contribution is -2.28. The molecular weight excluding hydrogens is 212 g/mol. The Hall–Kier alpha value is -1.23. The summed E-state index contributed by atoms with van der Waals surface area (Å²) in [6.45, 7) is 2.25. The molecule has 2 atom stereocenters. The van der Waals surface area contributed by atoms with Gasteiger partial charge >= 0.3 is 5.97 Å². The minimum Gasteiger partial charge on any atom is -0.468 e. The smallest absolute Gasteiger partial charge is 0.316 e. The van der Waals surface area contributed by atoms with Crippen molar-refractivity contribution in [2.45, 2.75) is 19.8 Å². The number of carbonyl (C=O) groups excluding carboxylic acids is 3. The fourth-order valence-electron chi connectivity index (χ4n) is 1.69. The Kier molecular flexibility index (Phi) is 4.61. The van der Waals surface area contributed by atoms with E-state index in [9.17, 15) is 14.4 Å².